The molecule has 11 heavy (non-hydrogen) atoms. The van der Waals surface area contributed by atoms with Crippen LogP contribution in [0.2, 0.25) is 0 Å². The van der Waals surface area contributed by atoms with Gasteiger partial charge in [0.2, 0.25) is 0 Å². The van der Waals surface area contributed by atoms with E-state index in [1.54, 1.807) is 0 Å². The smallest absolute Gasteiger partial charge is 0.142 e. The van der Waals surface area contributed by atoms with Crippen LogP contribution in [0.1, 0.15) is 30.1 Å². The predicted molar refractivity (Wildman–Crippen MR) is 43.6 cm³/mol. The summed E-state index contributed by atoms with van der Waals surface area (Å²) in [7, 11) is 0. The Balaban J connectivity index is 2.19. The van der Waals surface area contributed by atoms with Crippen LogP contribution in [0.25, 0.3) is 0 Å². The van der Waals surface area contributed by atoms with Crippen molar-refractivity contribution in [2.24, 2.45) is 0 Å². The average molecular weight is 169 g/mol. The van der Waals surface area contributed by atoms with Crippen molar-refractivity contribution in [1.82, 2.24) is 9.97 Å². The van der Waals surface area contributed by atoms with E-state index < -0.39 is 0 Å². The van der Waals surface area contributed by atoms with Gasteiger partial charge in [-0.3, -0.25) is 0 Å². The summed E-state index contributed by atoms with van der Waals surface area (Å²) in [6, 6.07) is 0. The maximum absolute atomic E-state index is 5.55. The van der Waals surface area contributed by atoms with Gasteiger partial charge in [-0.15, -0.1) is 11.6 Å². The van der Waals surface area contributed by atoms with E-state index in [-0.39, 0.29) is 0 Å². The summed E-state index contributed by atoms with van der Waals surface area (Å²) in [5.41, 5.74) is 1.26. The molecule has 1 heterocycles. The van der Waals surface area contributed by atoms with Crippen molar-refractivity contribution in [3.63, 3.8) is 0 Å². The molecule has 58 valence electrons. The summed E-state index contributed by atoms with van der Waals surface area (Å²) in [4.78, 5) is 8.23. The average Bonchev–Trinajstić information content (AvgIpc) is 2.87. The zero-order valence-corrected chi connectivity index (χ0v) is 6.88. The van der Waals surface area contributed by atoms with Crippen molar-refractivity contribution in [2.75, 3.05) is 0 Å². The quantitative estimate of drug-likeness (QED) is 0.632. The summed E-state index contributed by atoms with van der Waals surface area (Å²) in [6.07, 6.45) is 6.37. The molecule has 1 aliphatic rings. The zero-order valence-electron chi connectivity index (χ0n) is 6.13. The number of rotatable bonds is 2. The highest BCUT2D eigenvalue weighted by Gasteiger charge is 2.23. The van der Waals surface area contributed by atoms with Gasteiger partial charge in [0.1, 0.15) is 5.82 Å². The third-order valence-electron chi connectivity index (χ3n) is 1.89. The fourth-order valence-corrected chi connectivity index (χ4v) is 1.20. The Morgan fingerprint density at radius 2 is 2.00 bits per heavy atom. The first-order valence-corrected chi connectivity index (χ1v) is 4.30. The van der Waals surface area contributed by atoms with E-state index in [1.165, 1.54) is 18.4 Å². The molecule has 0 spiro atoms. The minimum absolute atomic E-state index is 0.408. The van der Waals surface area contributed by atoms with Crippen LogP contribution in [-0.4, -0.2) is 9.97 Å². The summed E-state index contributed by atoms with van der Waals surface area (Å²) in [6.45, 7) is 0. The van der Waals surface area contributed by atoms with Crippen LogP contribution >= 0.6 is 11.6 Å². The molecule has 1 aromatic heterocycles. The van der Waals surface area contributed by atoms with Crippen LogP contribution in [0.3, 0.4) is 0 Å². The molecule has 0 atom stereocenters. The van der Waals surface area contributed by atoms with Gasteiger partial charge in [-0.2, -0.15) is 0 Å². The molecule has 1 saturated carbocycles. The van der Waals surface area contributed by atoms with Gasteiger partial charge in [0.25, 0.3) is 0 Å². The van der Waals surface area contributed by atoms with Crippen LogP contribution in [0.15, 0.2) is 12.4 Å². The van der Waals surface area contributed by atoms with E-state index in [0.29, 0.717) is 5.88 Å². The van der Waals surface area contributed by atoms with E-state index in [9.17, 15) is 0 Å². The van der Waals surface area contributed by atoms with Crippen molar-refractivity contribution in [3.05, 3.63) is 23.8 Å². The Labute approximate surface area is 70.6 Å². The van der Waals surface area contributed by atoms with E-state index in [2.05, 4.69) is 9.97 Å². The molecular weight excluding hydrogens is 160 g/mol. The molecule has 1 aliphatic carbocycles. The number of halogens is 1. The molecular formula is C8H9ClN2. The normalized spacial score (nSPS) is 16.8. The Morgan fingerprint density at radius 3 is 2.45 bits per heavy atom. The van der Waals surface area contributed by atoms with Gasteiger partial charge in [0.15, 0.2) is 0 Å². The fourth-order valence-electron chi connectivity index (χ4n) is 1.06. The standard InChI is InChI=1S/C8H9ClN2/c9-3-8-10-4-7(5-11-8)6-1-2-6/h4-6H,1-3H2. The van der Waals surface area contributed by atoms with Crippen LogP contribution < -0.4 is 0 Å². The van der Waals surface area contributed by atoms with Gasteiger partial charge in [-0.1, -0.05) is 0 Å². The fraction of sp³-hybridized carbons (Fsp3) is 0.500. The second-order valence-electron chi connectivity index (χ2n) is 2.84. The maximum Gasteiger partial charge on any atom is 0.142 e. The predicted octanol–water partition coefficient (Wildman–Crippen LogP) is 2.09. The molecule has 0 bridgehead atoms. The molecule has 0 aromatic carbocycles. The van der Waals surface area contributed by atoms with Crippen LogP contribution in [-0.2, 0) is 5.88 Å². The van der Waals surface area contributed by atoms with E-state index in [4.69, 9.17) is 11.6 Å². The Hall–Kier alpha value is -0.630. The summed E-state index contributed by atoms with van der Waals surface area (Å²) in [5.74, 6) is 1.86. The highest BCUT2D eigenvalue weighted by Crippen LogP contribution is 2.39. The highest BCUT2D eigenvalue weighted by atomic mass is 35.5. The molecule has 2 rings (SSSR count). The van der Waals surface area contributed by atoms with Crippen LogP contribution in [0.5, 0.6) is 0 Å². The number of aromatic nitrogens is 2. The number of hydrogen-bond acceptors (Lipinski definition) is 2. The largest absolute Gasteiger partial charge is 0.240 e. The zero-order chi connectivity index (χ0) is 7.68. The third kappa shape index (κ3) is 1.51. The van der Waals surface area contributed by atoms with Gasteiger partial charge < -0.3 is 0 Å². The van der Waals surface area contributed by atoms with Crippen molar-refractivity contribution >= 4 is 11.6 Å². The molecule has 0 saturated heterocycles. The van der Waals surface area contributed by atoms with E-state index >= 15 is 0 Å². The summed E-state index contributed by atoms with van der Waals surface area (Å²) in [5, 5.41) is 0. The molecule has 0 amide bonds. The van der Waals surface area contributed by atoms with Gasteiger partial charge in [-0.25, -0.2) is 9.97 Å². The van der Waals surface area contributed by atoms with Gasteiger partial charge >= 0.3 is 0 Å². The van der Waals surface area contributed by atoms with E-state index in [1.807, 2.05) is 12.4 Å². The van der Waals surface area contributed by atoms with Gasteiger partial charge in [0, 0.05) is 12.4 Å². The second kappa shape index (κ2) is 2.78. The lowest BCUT2D eigenvalue weighted by atomic mass is 10.2. The Bertz CT molecular complexity index is 241. The van der Waals surface area contributed by atoms with Crippen molar-refractivity contribution in [3.8, 4) is 0 Å². The molecule has 0 N–H and O–H groups in total. The third-order valence-corrected chi connectivity index (χ3v) is 2.13. The van der Waals surface area contributed by atoms with E-state index in [0.717, 1.165) is 11.7 Å². The first kappa shape index (κ1) is 7.04. The Kier molecular flexibility index (Phi) is 1.78. The number of alkyl halides is 1. The van der Waals surface area contributed by atoms with Gasteiger partial charge in [0.05, 0.1) is 5.88 Å². The Morgan fingerprint density at radius 1 is 1.36 bits per heavy atom. The molecule has 0 unspecified atom stereocenters. The molecule has 3 heteroatoms. The maximum atomic E-state index is 5.55. The highest BCUT2D eigenvalue weighted by molar-refractivity contribution is 6.16. The van der Waals surface area contributed by atoms with Crippen LogP contribution in [0.4, 0.5) is 0 Å². The van der Waals surface area contributed by atoms with Crippen molar-refractivity contribution in [1.29, 1.82) is 0 Å². The lowest BCUT2D eigenvalue weighted by Crippen LogP contribution is -1.91. The van der Waals surface area contributed by atoms with Gasteiger partial charge in [-0.05, 0) is 24.3 Å². The first-order valence-electron chi connectivity index (χ1n) is 3.77. The second-order valence-corrected chi connectivity index (χ2v) is 3.11. The van der Waals surface area contributed by atoms with Crippen molar-refractivity contribution in [2.45, 2.75) is 24.6 Å². The summed E-state index contributed by atoms with van der Waals surface area (Å²) >= 11 is 5.55. The molecule has 0 radical (unpaired) electrons. The lowest BCUT2D eigenvalue weighted by molar-refractivity contribution is 0.970. The molecule has 0 aliphatic heterocycles. The molecule has 2 nitrogen and oxygen atoms in total. The van der Waals surface area contributed by atoms with Crippen molar-refractivity contribution < 1.29 is 0 Å². The number of hydrogen-bond donors (Lipinski definition) is 0. The van der Waals surface area contributed by atoms with Crippen LogP contribution in [0, 0.1) is 0 Å². The number of nitrogens with zero attached hydrogens (tertiary/aromatic N) is 2. The first-order chi connectivity index (χ1) is 5.40. The monoisotopic (exact) mass is 168 g/mol. The lowest BCUT2D eigenvalue weighted by Gasteiger charge is -1.96. The molecule has 1 fully saturated rings. The molecule has 1 aromatic rings. The minimum Gasteiger partial charge on any atom is -0.240 e. The summed E-state index contributed by atoms with van der Waals surface area (Å²) < 4.78 is 0. The topological polar surface area (TPSA) is 25.8 Å². The minimum atomic E-state index is 0.408. The SMILES string of the molecule is ClCc1ncc(C2CC2)cn1.